The van der Waals surface area contributed by atoms with Crippen molar-refractivity contribution in [2.24, 2.45) is 0 Å². The van der Waals surface area contributed by atoms with Gasteiger partial charge in [0.2, 0.25) is 0 Å². The number of nitrogen functional groups attached to an aromatic ring is 1. The molecular formula is C12H10F4N2O. The zero-order chi connectivity index (χ0) is 14.2. The first-order valence-corrected chi connectivity index (χ1v) is 5.45. The van der Waals surface area contributed by atoms with E-state index in [9.17, 15) is 17.6 Å². The molecule has 0 amide bonds. The molecule has 1 aromatic carbocycles. The molecule has 0 fully saturated rings. The maximum atomic E-state index is 13.7. The minimum atomic E-state index is -4.56. The lowest BCUT2D eigenvalue weighted by molar-refractivity contribution is -0.137. The summed E-state index contributed by atoms with van der Waals surface area (Å²) in [6.07, 6.45) is -4.18. The normalized spacial score (nSPS) is 11.8. The monoisotopic (exact) mass is 274 g/mol. The fourth-order valence-electron chi connectivity index (χ4n) is 1.75. The fourth-order valence-corrected chi connectivity index (χ4v) is 1.75. The number of halogens is 4. The fraction of sp³-hybridized carbons (Fsp3) is 0.250. The summed E-state index contributed by atoms with van der Waals surface area (Å²) in [5.41, 5.74) is 4.65. The van der Waals surface area contributed by atoms with E-state index in [1.807, 2.05) is 0 Å². The Morgan fingerprint density at radius 1 is 1.32 bits per heavy atom. The summed E-state index contributed by atoms with van der Waals surface area (Å²) in [6, 6.07) is 2.11. The van der Waals surface area contributed by atoms with Gasteiger partial charge in [0.15, 0.2) is 11.6 Å². The maximum Gasteiger partial charge on any atom is 0.416 e. The van der Waals surface area contributed by atoms with Crippen LogP contribution in [0.15, 0.2) is 22.7 Å². The number of nitrogens with two attached hydrogens (primary N) is 1. The molecule has 0 spiro atoms. The van der Waals surface area contributed by atoms with Crippen molar-refractivity contribution in [3.8, 4) is 11.3 Å². The molecule has 0 saturated heterocycles. The Labute approximate surface area is 106 Å². The third-order valence-corrected chi connectivity index (χ3v) is 2.71. The van der Waals surface area contributed by atoms with Crippen LogP contribution in [0, 0.1) is 5.82 Å². The van der Waals surface area contributed by atoms with Gasteiger partial charge < -0.3 is 10.3 Å². The third kappa shape index (κ3) is 2.40. The largest absolute Gasteiger partial charge is 0.416 e. The Kier molecular flexibility index (Phi) is 3.21. The molecule has 0 aliphatic rings. The van der Waals surface area contributed by atoms with E-state index in [0.29, 0.717) is 24.1 Å². The smallest absolute Gasteiger partial charge is 0.381 e. The van der Waals surface area contributed by atoms with E-state index in [-0.39, 0.29) is 17.1 Å². The number of anilines is 1. The molecule has 0 bridgehead atoms. The van der Waals surface area contributed by atoms with Crippen molar-refractivity contribution >= 4 is 5.82 Å². The van der Waals surface area contributed by atoms with Gasteiger partial charge in [0.05, 0.1) is 11.1 Å². The highest BCUT2D eigenvalue weighted by atomic mass is 19.4. The molecular weight excluding hydrogens is 264 g/mol. The lowest BCUT2D eigenvalue weighted by Crippen LogP contribution is -2.05. The highest BCUT2D eigenvalue weighted by Gasteiger charge is 2.32. The van der Waals surface area contributed by atoms with E-state index in [2.05, 4.69) is 5.16 Å². The van der Waals surface area contributed by atoms with Crippen LogP contribution in [0.25, 0.3) is 11.3 Å². The Morgan fingerprint density at radius 2 is 2.00 bits per heavy atom. The minimum Gasteiger partial charge on any atom is -0.381 e. The van der Waals surface area contributed by atoms with Gasteiger partial charge in [-0.3, -0.25) is 0 Å². The summed E-state index contributed by atoms with van der Waals surface area (Å²) >= 11 is 0. The van der Waals surface area contributed by atoms with Gasteiger partial charge in [0.1, 0.15) is 5.82 Å². The van der Waals surface area contributed by atoms with E-state index < -0.39 is 17.6 Å². The molecule has 0 aliphatic heterocycles. The van der Waals surface area contributed by atoms with E-state index in [4.69, 9.17) is 10.3 Å². The van der Waals surface area contributed by atoms with E-state index in [0.717, 1.165) is 6.07 Å². The molecule has 2 aromatic rings. The molecule has 0 radical (unpaired) electrons. The number of benzene rings is 1. The molecule has 1 aromatic heterocycles. The van der Waals surface area contributed by atoms with Crippen LogP contribution < -0.4 is 5.73 Å². The van der Waals surface area contributed by atoms with E-state index in [1.165, 1.54) is 0 Å². The topological polar surface area (TPSA) is 52.0 Å². The van der Waals surface area contributed by atoms with Crippen LogP contribution in [-0.2, 0) is 12.6 Å². The van der Waals surface area contributed by atoms with Crippen LogP contribution in [0.1, 0.15) is 18.1 Å². The molecule has 102 valence electrons. The van der Waals surface area contributed by atoms with Gasteiger partial charge in [-0.2, -0.15) is 13.2 Å². The first-order chi connectivity index (χ1) is 8.84. The van der Waals surface area contributed by atoms with Gasteiger partial charge in [-0.05, 0) is 24.6 Å². The first-order valence-electron chi connectivity index (χ1n) is 5.45. The molecule has 3 nitrogen and oxygen atoms in total. The van der Waals surface area contributed by atoms with Crippen molar-refractivity contribution in [3.63, 3.8) is 0 Å². The molecule has 0 unspecified atom stereocenters. The summed E-state index contributed by atoms with van der Waals surface area (Å²) in [4.78, 5) is 0. The lowest BCUT2D eigenvalue weighted by atomic mass is 10.0. The second kappa shape index (κ2) is 4.56. The zero-order valence-corrected chi connectivity index (χ0v) is 9.88. The number of hydrogen-bond donors (Lipinski definition) is 1. The summed E-state index contributed by atoms with van der Waals surface area (Å²) in [5.74, 6) is -0.836. The summed E-state index contributed by atoms with van der Waals surface area (Å²) in [6.45, 7) is 1.72. The zero-order valence-electron chi connectivity index (χ0n) is 9.88. The average molecular weight is 274 g/mol. The Balaban J connectivity index is 2.61. The van der Waals surface area contributed by atoms with Crippen molar-refractivity contribution in [1.29, 1.82) is 0 Å². The SMILES string of the molecule is CCc1c(N)noc1-c1cc(C(F)(F)F)ccc1F. The Morgan fingerprint density at radius 3 is 2.58 bits per heavy atom. The molecule has 0 aliphatic carbocycles. The molecule has 1 heterocycles. The van der Waals surface area contributed by atoms with Gasteiger partial charge >= 0.3 is 6.18 Å². The second-order valence-electron chi connectivity index (χ2n) is 3.92. The third-order valence-electron chi connectivity index (χ3n) is 2.71. The van der Waals surface area contributed by atoms with Crippen LogP contribution >= 0.6 is 0 Å². The van der Waals surface area contributed by atoms with Crippen LogP contribution in [-0.4, -0.2) is 5.16 Å². The molecule has 0 atom stereocenters. The van der Waals surface area contributed by atoms with Gasteiger partial charge in [-0.25, -0.2) is 4.39 Å². The van der Waals surface area contributed by atoms with Crippen LogP contribution in [0.2, 0.25) is 0 Å². The van der Waals surface area contributed by atoms with Crippen molar-refractivity contribution in [2.45, 2.75) is 19.5 Å². The molecule has 2 rings (SSSR count). The number of aromatic nitrogens is 1. The number of alkyl halides is 3. The van der Waals surface area contributed by atoms with Gasteiger partial charge in [-0.15, -0.1) is 0 Å². The minimum absolute atomic E-state index is 0.0503. The Bertz CT molecular complexity index is 604. The second-order valence-corrected chi connectivity index (χ2v) is 3.92. The summed E-state index contributed by atoms with van der Waals surface area (Å²) < 4.78 is 56.3. The van der Waals surface area contributed by atoms with E-state index >= 15 is 0 Å². The average Bonchev–Trinajstić information content (AvgIpc) is 2.69. The molecule has 7 heteroatoms. The summed E-state index contributed by atoms with van der Waals surface area (Å²) in [7, 11) is 0. The molecule has 19 heavy (non-hydrogen) atoms. The van der Waals surface area contributed by atoms with Crippen LogP contribution in [0.5, 0.6) is 0 Å². The first kappa shape index (κ1) is 13.4. The quantitative estimate of drug-likeness (QED) is 0.850. The predicted molar refractivity (Wildman–Crippen MR) is 60.7 cm³/mol. The van der Waals surface area contributed by atoms with E-state index in [1.54, 1.807) is 6.92 Å². The van der Waals surface area contributed by atoms with Gasteiger partial charge in [0, 0.05) is 5.56 Å². The highest BCUT2D eigenvalue weighted by molar-refractivity contribution is 5.67. The number of nitrogens with zero attached hydrogens (tertiary/aromatic N) is 1. The van der Waals surface area contributed by atoms with Crippen molar-refractivity contribution in [3.05, 3.63) is 35.1 Å². The number of hydrogen-bond acceptors (Lipinski definition) is 3. The van der Waals surface area contributed by atoms with Crippen molar-refractivity contribution in [2.75, 3.05) is 5.73 Å². The van der Waals surface area contributed by atoms with Gasteiger partial charge in [0.25, 0.3) is 0 Å². The standard InChI is InChI=1S/C12H10F4N2O/c1-2-7-10(19-18-11(7)17)8-5-6(12(14,15)16)3-4-9(8)13/h3-5H,2H2,1H3,(H2,17,18). The maximum absolute atomic E-state index is 13.7. The van der Waals surface area contributed by atoms with Crippen LogP contribution in [0.3, 0.4) is 0 Å². The van der Waals surface area contributed by atoms with Crippen molar-refractivity contribution in [1.82, 2.24) is 5.16 Å². The predicted octanol–water partition coefficient (Wildman–Crippen LogP) is 3.64. The molecule has 0 saturated carbocycles. The lowest BCUT2D eigenvalue weighted by Gasteiger charge is -2.08. The van der Waals surface area contributed by atoms with Crippen molar-refractivity contribution < 1.29 is 22.1 Å². The Hall–Kier alpha value is -2.05. The van der Waals surface area contributed by atoms with Gasteiger partial charge in [-0.1, -0.05) is 12.1 Å². The number of rotatable bonds is 2. The van der Waals surface area contributed by atoms with Crippen LogP contribution in [0.4, 0.5) is 23.4 Å². The molecule has 2 N–H and O–H groups in total. The highest BCUT2D eigenvalue weighted by Crippen LogP contribution is 2.35. The summed E-state index contributed by atoms with van der Waals surface area (Å²) in [5, 5.41) is 3.45.